The molecule has 0 spiro atoms. The van der Waals surface area contributed by atoms with Crippen LogP contribution in [0.4, 0.5) is 43.9 Å². The standard InChI is InChI=1S/C5H2F10N2/c6-2(7,4(10,11)12)1(17-16)3(8,9)5(13,14)15/h16H2. The predicted molar refractivity (Wildman–Crippen MR) is 33.6 cm³/mol. The van der Waals surface area contributed by atoms with Gasteiger partial charge in [0.2, 0.25) is 0 Å². The van der Waals surface area contributed by atoms with Crippen molar-refractivity contribution in [2.24, 2.45) is 10.9 Å². The highest BCUT2D eigenvalue weighted by Gasteiger charge is 2.74. The van der Waals surface area contributed by atoms with Crippen LogP contribution in [0.15, 0.2) is 5.10 Å². The van der Waals surface area contributed by atoms with Crippen molar-refractivity contribution in [3.05, 3.63) is 0 Å². The lowest BCUT2D eigenvalue weighted by atomic mass is 10.1. The van der Waals surface area contributed by atoms with Gasteiger partial charge in [-0.1, -0.05) is 0 Å². The summed E-state index contributed by atoms with van der Waals surface area (Å²) < 4.78 is 119. The van der Waals surface area contributed by atoms with E-state index in [1.807, 2.05) is 0 Å². The molecule has 0 radical (unpaired) electrons. The van der Waals surface area contributed by atoms with Gasteiger partial charge in [0.05, 0.1) is 0 Å². The summed E-state index contributed by atoms with van der Waals surface area (Å²) in [6, 6.07) is 0. The normalized spacial score (nSPS) is 14.7. The maximum Gasteiger partial charge on any atom is 0.459 e. The molecule has 0 rings (SSSR count). The average molecular weight is 280 g/mol. The topological polar surface area (TPSA) is 38.4 Å². The number of nitrogens with zero attached hydrogens (tertiary/aromatic N) is 1. The van der Waals surface area contributed by atoms with Gasteiger partial charge in [-0.05, 0) is 0 Å². The first-order valence-corrected chi connectivity index (χ1v) is 3.37. The number of hydrogen-bond donors (Lipinski definition) is 1. The van der Waals surface area contributed by atoms with Gasteiger partial charge in [-0.3, -0.25) is 0 Å². The van der Waals surface area contributed by atoms with E-state index in [2.05, 4.69) is 5.84 Å². The average Bonchev–Trinajstić information content (AvgIpc) is 1.99. The Morgan fingerprint density at radius 2 is 0.882 bits per heavy atom. The van der Waals surface area contributed by atoms with Crippen LogP contribution in [0, 0.1) is 0 Å². The molecule has 0 aliphatic carbocycles. The van der Waals surface area contributed by atoms with Gasteiger partial charge < -0.3 is 5.84 Å². The lowest BCUT2D eigenvalue weighted by Gasteiger charge is -2.27. The van der Waals surface area contributed by atoms with Gasteiger partial charge >= 0.3 is 24.2 Å². The highest BCUT2D eigenvalue weighted by molar-refractivity contribution is 5.98. The molecule has 0 saturated carbocycles. The Hall–Kier alpha value is -1.23. The summed E-state index contributed by atoms with van der Waals surface area (Å²) in [6.07, 6.45) is -13.4. The zero-order valence-corrected chi connectivity index (χ0v) is 7.30. The first-order chi connectivity index (χ1) is 7.19. The minimum Gasteiger partial charge on any atom is -0.323 e. The van der Waals surface area contributed by atoms with Crippen LogP contribution in [-0.2, 0) is 0 Å². The molecule has 102 valence electrons. The van der Waals surface area contributed by atoms with E-state index < -0.39 is 29.9 Å². The van der Waals surface area contributed by atoms with Crippen molar-refractivity contribution in [3.8, 4) is 0 Å². The van der Waals surface area contributed by atoms with Crippen molar-refractivity contribution >= 4 is 5.71 Å². The molecule has 2 N–H and O–H groups in total. The van der Waals surface area contributed by atoms with Crippen molar-refractivity contribution in [1.82, 2.24) is 0 Å². The number of hydrogen-bond acceptors (Lipinski definition) is 2. The predicted octanol–water partition coefficient (Wildman–Crippen LogP) is 2.70. The van der Waals surface area contributed by atoms with Crippen molar-refractivity contribution in [2.75, 3.05) is 0 Å². The van der Waals surface area contributed by atoms with E-state index in [4.69, 9.17) is 0 Å². The van der Waals surface area contributed by atoms with E-state index in [0.29, 0.717) is 0 Å². The minimum atomic E-state index is -6.68. The molecular formula is C5H2F10N2. The van der Waals surface area contributed by atoms with Crippen LogP contribution in [0.3, 0.4) is 0 Å². The Morgan fingerprint density at radius 3 is 1.00 bits per heavy atom. The second-order valence-electron chi connectivity index (χ2n) is 2.62. The number of nitrogens with two attached hydrogens (primary N) is 1. The molecule has 0 amide bonds. The molecule has 0 heterocycles. The third-order valence-electron chi connectivity index (χ3n) is 1.44. The first kappa shape index (κ1) is 15.8. The fraction of sp³-hybridized carbons (Fsp3) is 0.800. The summed E-state index contributed by atoms with van der Waals surface area (Å²) >= 11 is 0. The van der Waals surface area contributed by atoms with Crippen molar-refractivity contribution < 1.29 is 43.9 Å². The Bertz CT molecular complexity index is 282. The van der Waals surface area contributed by atoms with E-state index in [1.165, 1.54) is 5.10 Å². The van der Waals surface area contributed by atoms with E-state index in [-0.39, 0.29) is 0 Å². The summed E-state index contributed by atoms with van der Waals surface area (Å²) in [5.74, 6) is -9.23. The first-order valence-electron chi connectivity index (χ1n) is 3.37. The third-order valence-corrected chi connectivity index (χ3v) is 1.44. The molecule has 12 heteroatoms. The molecule has 0 aliphatic heterocycles. The quantitative estimate of drug-likeness (QED) is 0.359. The molecule has 0 saturated heterocycles. The highest BCUT2D eigenvalue weighted by Crippen LogP contribution is 2.46. The minimum absolute atomic E-state index is 1.24. The second kappa shape index (κ2) is 3.91. The number of halogens is 10. The summed E-state index contributed by atoms with van der Waals surface area (Å²) in [5.41, 5.74) is -3.81. The highest BCUT2D eigenvalue weighted by atomic mass is 19.4. The molecule has 17 heavy (non-hydrogen) atoms. The van der Waals surface area contributed by atoms with Crippen molar-refractivity contribution in [1.29, 1.82) is 0 Å². The van der Waals surface area contributed by atoms with Crippen molar-refractivity contribution in [2.45, 2.75) is 24.2 Å². The lowest BCUT2D eigenvalue weighted by Crippen LogP contribution is -2.57. The van der Waals surface area contributed by atoms with Gasteiger partial charge in [0, 0.05) is 0 Å². The zero-order chi connectivity index (χ0) is 14.3. The van der Waals surface area contributed by atoms with Gasteiger partial charge in [0.25, 0.3) is 0 Å². The van der Waals surface area contributed by atoms with Crippen LogP contribution >= 0.6 is 0 Å². The molecule has 0 aromatic rings. The van der Waals surface area contributed by atoms with E-state index in [0.717, 1.165) is 0 Å². The number of alkyl halides is 10. The molecule has 0 aliphatic rings. The second-order valence-corrected chi connectivity index (χ2v) is 2.62. The maximum atomic E-state index is 12.3. The third kappa shape index (κ3) is 2.54. The van der Waals surface area contributed by atoms with Crippen LogP contribution < -0.4 is 5.84 Å². The van der Waals surface area contributed by atoms with Gasteiger partial charge in [-0.2, -0.15) is 49.0 Å². The number of hydrazone groups is 1. The van der Waals surface area contributed by atoms with Gasteiger partial charge in [0.15, 0.2) is 5.71 Å². The summed E-state index contributed by atoms with van der Waals surface area (Å²) in [7, 11) is 0. The summed E-state index contributed by atoms with van der Waals surface area (Å²) in [4.78, 5) is 0. The largest absolute Gasteiger partial charge is 0.459 e. The fourth-order valence-corrected chi connectivity index (χ4v) is 0.628. The Morgan fingerprint density at radius 1 is 0.647 bits per heavy atom. The molecule has 0 aromatic heterocycles. The molecular weight excluding hydrogens is 278 g/mol. The summed E-state index contributed by atoms with van der Waals surface area (Å²) in [5, 5.41) is 1.24. The molecule has 0 fully saturated rings. The zero-order valence-electron chi connectivity index (χ0n) is 7.30. The van der Waals surface area contributed by atoms with E-state index in [9.17, 15) is 43.9 Å². The molecule has 0 atom stereocenters. The molecule has 0 unspecified atom stereocenters. The Labute approximate surface area is 86.1 Å². The number of rotatable bonds is 2. The van der Waals surface area contributed by atoms with Crippen LogP contribution in [0.5, 0.6) is 0 Å². The SMILES string of the molecule is NN=C(C(F)(F)C(F)(F)F)C(F)(F)C(F)(F)F. The van der Waals surface area contributed by atoms with Crippen LogP contribution in [0.1, 0.15) is 0 Å². The molecule has 0 bridgehead atoms. The Balaban J connectivity index is 5.72. The Kier molecular flexibility index (Phi) is 3.63. The van der Waals surface area contributed by atoms with Gasteiger partial charge in [-0.15, -0.1) is 0 Å². The summed E-state index contributed by atoms with van der Waals surface area (Å²) in [6.45, 7) is 0. The monoisotopic (exact) mass is 280 g/mol. The van der Waals surface area contributed by atoms with Gasteiger partial charge in [-0.25, -0.2) is 0 Å². The van der Waals surface area contributed by atoms with Crippen molar-refractivity contribution in [3.63, 3.8) is 0 Å². The maximum absolute atomic E-state index is 12.3. The van der Waals surface area contributed by atoms with Crippen LogP contribution in [-0.4, -0.2) is 29.9 Å². The van der Waals surface area contributed by atoms with Crippen LogP contribution in [0.2, 0.25) is 0 Å². The fourth-order valence-electron chi connectivity index (χ4n) is 0.628. The molecule has 2 nitrogen and oxygen atoms in total. The smallest absolute Gasteiger partial charge is 0.323 e. The van der Waals surface area contributed by atoms with Gasteiger partial charge in [0.1, 0.15) is 0 Å². The molecule has 0 aromatic carbocycles. The van der Waals surface area contributed by atoms with Crippen LogP contribution in [0.25, 0.3) is 0 Å². The lowest BCUT2D eigenvalue weighted by molar-refractivity contribution is -0.279. The van der Waals surface area contributed by atoms with E-state index in [1.54, 1.807) is 0 Å². The van der Waals surface area contributed by atoms with E-state index >= 15 is 0 Å².